The molecule has 0 aliphatic rings. The highest BCUT2D eigenvalue weighted by Crippen LogP contribution is 1.91. The maximum Gasteiger partial charge on any atom is 0.167 e. The summed E-state index contributed by atoms with van der Waals surface area (Å²) in [6, 6.07) is 0. The molecule has 0 atom stereocenters. The second kappa shape index (κ2) is 3.07. The fourth-order valence-electron chi connectivity index (χ4n) is 0. The third kappa shape index (κ3) is 4.86. The quantitative estimate of drug-likeness (QED) is 0.416. The highest BCUT2D eigenvalue weighted by Gasteiger charge is 1.89. The summed E-state index contributed by atoms with van der Waals surface area (Å²) in [6.45, 7) is 2.07. The van der Waals surface area contributed by atoms with E-state index in [1.165, 1.54) is 0 Å². The van der Waals surface area contributed by atoms with Gasteiger partial charge in [0.1, 0.15) is 0 Å². The smallest absolute Gasteiger partial charge is 0.162 e. The molecule has 0 unspecified atom stereocenters. The van der Waals surface area contributed by atoms with Crippen molar-refractivity contribution >= 4 is 34.6 Å². The first-order valence-corrected chi connectivity index (χ1v) is 2.91. The minimum absolute atomic E-state index is 0.354. The van der Waals surface area contributed by atoms with Crippen molar-refractivity contribution in [3.05, 3.63) is 0 Å². The summed E-state index contributed by atoms with van der Waals surface area (Å²) in [5.74, 6) is 0. The van der Waals surface area contributed by atoms with Gasteiger partial charge in [-0.05, 0) is 0 Å². The van der Waals surface area contributed by atoms with E-state index in [2.05, 4.69) is 29.3 Å². The normalized spacial score (nSPS) is 7.60. The van der Waals surface area contributed by atoms with Gasteiger partial charge in [-0.1, -0.05) is 13.2 Å². The van der Waals surface area contributed by atoms with E-state index in [0.29, 0.717) is 4.46 Å². The van der Waals surface area contributed by atoms with Crippen LogP contribution in [0.4, 0.5) is 0 Å². The number of hydrogen-bond acceptors (Lipinski definition) is 0. The minimum Gasteiger partial charge on any atom is -0.162 e. The molecule has 0 N–H and O–H groups in total. The SMILES string of the molecule is [B]B(I)CC. The summed E-state index contributed by atoms with van der Waals surface area (Å²) in [6.07, 6.45) is 1.07. The van der Waals surface area contributed by atoms with Crippen molar-refractivity contribution in [1.82, 2.24) is 0 Å². The van der Waals surface area contributed by atoms with Crippen molar-refractivity contribution in [3.63, 3.8) is 0 Å². The van der Waals surface area contributed by atoms with Crippen LogP contribution >= 0.6 is 22.4 Å². The lowest BCUT2D eigenvalue weighted by molar-refractivity contribution is 1.47. The van der Waals surface area contributed by atoms with Gasteiger partial charge in [-0.3, -0.25) is 0 Å². The van der Waals surface area contributed by atoms with Crippen molar-refractivity contribution in [2.45, 2.75) is 13.2 Å². The Labute approximate surface area is 48.1 Å². The summed E-state index contributed by atoms with van der Waals surface area (Å²) in [7, 11) is 5.28. The van der Waals surface area contributed by atoms with E-state index >= 15 is 0 Å². The van der Waals surface area contributed by atoms with Crippen molar-refractivity contribution in [1.29, 1.82) is 0 Å². The molecule has 26 valence electrons. The average molecular weight is 178 g/mol. The van der Waals surface area contributed by atoms with Gasteiger partial charge in [0.05, 0.1) is 0 Å². The van der Waals surface area contributed by atoms with E-state index in [1.54, 1.807) is 0 Å². The van der Waals surface area contributed by atoms with Gasteiger partial charge < -0.3 is 0 Å². The first-order chi connectivity index (χ1) is 2.27. The van der Waals surface area contributed by atoms with Crippen LogP contribution in [0.3, 0.4) is 0 Å². The molecule has 0 spiro atoms. The van der Waals surface area contributed by atoms with Crippen LogP contribution in [0.25, 0.3) is 0 Å². The van der Waals surface area contributed by atoms with E-state index in [1.807, 2.05) is 0 Å². The van der Waals surface area contributed by atoms with Crippen LogP contribution in [0.1, 0.15) is 6.92 Å². The molecule has 0 nitrogen and oxygen atoms in total. The zero-order valence-electron chi connectivity index (χ0n) is 3.24. The monoisotopic (exact) mass is 178 g/mol. The molecule has 0 amide bonds. The second-order valence-electron chi connectivity index (χ2n) is 0.924. The van der Waals surface area contributed by atoms with Gasteiger partial charge in [0.2, 0.25) is 0 Å². The predicted octanol–water partition coefficient (Wildman–Crippen LogP) is 1.10. The molecule has 0 bridgehead atoms. The first kappa shape index (κ1) is 5.86. The highest BCUT2D eigenvalue weighted by molar-refractivity contribution is 14.1. The Morgan fingerprint density at radius 2 is 2.20 bits per heavy atom. The zero-order chi connectivity index (χ0) is 4.28. The van der Waals surface area contributed by atoms with Gasteiger partial charge in [-0.2, -0.15) is 22.4 Å². The van der Waals surface area contributed by atoms with E-state index in [4.69, 9.17) is 7.74 Å². The van der Waals surface area contributed by atoms with Gasteiger partial charge in [-0.25, -0.2) is 0 Å². The topological polar surface area (TPSA) is 0 Å². The molecule has 0 aliphatic carbocycles. The third-order valence-electron chi connectivity index (χ3n) is 0.390. The maximum absolute atomic E-state index is 5.28. The summed E-state index contributed by atoms with van der Waals surface area (Å²) >= 11 is 2.18. The van der Waals surface area contributed by atoms with Gasteiger partial charge in [0, 0.05) is 7.74 Å². The number of halogens is 1. The lowest BCUT2D eigenvalue weighted by Gasteiger charge is -1.82. The van der Waals surface area contributed by atoms with Crippen LogP contribution in [0.2, 0.25) is 6.32 Å². The van der Waals surface area contributed by atoms with Crippen LogP contribution in [0, 0.1) is 0 Å². The molecule has 0 aromatic heterocycles. The molecular formula is C2H5B2I. The highest BCUT2D eigenvalue weighted by atomic mass is 127. The van der Waals surface area contributed by atoms with Crippen molar-refractivity contribution in [2.75, 3.05) is 0 Å². The van der Waals surface area contributed by atoms with Crippen LogP contribution < -0.4 is 0 Å². The van der Waals surface area contributed by atoms with Crippen LogP contribution in [0.15, 0.2) is 0 Å². The minimum atomic E-state index is 0.354. The maximum atomic E-state index is 5.28. The fraction of sp³-hybridized carbons (Fsp3) is 1.00. The molecule has 0 heterocycles. The molecule has 0 rings (SSSR count). The number of rotatable bonds is 1. The van der Waals surface area contributed by atoms with Crippen LogP contribution in [0.5, 0.6) is 0 Å². The Balaban J connectivity index is 2.54. The summed E-state index contributed by atoms with van der Waals surface area (Å²) in [5.41, 5.74) is 0. The summed E-state index contributed by atoms with van der Waals surface area (Å²) in [4.78, 5) is 0. The molecule has 3 heteroatoms. The molecule has 0 aromatic carbocycles. The van der Waals surface area contributed by atoms with Crippen LogP contribution in [-0.2, 0) is 0 Å². The standard InChI is InChI=1S/C2H5B2I/c1-2-4(3)5/h2H2,1H3. The third-order valence-corrected chi connectivity index (χ3v) is 1.27. The Bertz CT molecular complexity index is 21.6. The lowest BCUT2D eigenvalue weighted by Crippen LogP contribution is -1.96. The average Bonchev–Trinajstić information content (AvgIpc) is 1.38. The molecule has 5 heavy (non-hydrogen) atoms. The molecule has 0 saturated carbocycles. The van der Waals surface area contributed by atoms with E-state index in [0.717, 1.165) is 6.32 Å². The molecule has 0 aliphatic heterocycles. The van der Waals surface area contributed by atoms with Crippen molar-refractivity contribution in [2.24, 2.45) is 0 Å². The Morgan fingerprint density at radius 3 is 2.20 bits per heavy atom. The Hall–Kier alpha value is 0.860. The molecule has 2 radical (unpaired) electrons. The lowest BCUT2D eigenvalue weighted by atomic mass is 9.54. The number of hydrogen-bond donors (Lipinski definition) is 0. The van der Waals surface area contributed by atoms with Gasteiger partial charge in [-0.15, -0.1) is 0 Å². The molecule has 0 aromatic rings. The van der Waals surface area contributed by atoms with E-state index in [-0.39, 0.29) is 0 Å². The predicted molar refractivity (Wildman–Crippen MR) is 36.0 cm³/mol. The van der Waals surface area contributed by atoms with E-state index < -0.39 is 0 Å². The first-order valence-electron chi connectivity index (χ1n) is 1.67. The Kier molecular flexibility index (Phi) is 3.59. The van der Waals surface area contributed by atoms with Gasteiger partial charge >= 0.3 is 0 Å². The summed E-state index contributed by atoms with van der Waals surface area (Å²) < 4.78 is 0.354. The van der Waals surface area contributed by atoms with Crippen molar-refractivity contribution < 1.29 is 0 Å². The molecule has 0 saturated heterocycles. The van der Waals surface area contributed by atoms with Crippen LogP contribution in [-0.4, -0.2) is 12.2 Å². The fourth-order valence-corrected chi connectivity index (χ4v) is 0. The van der Waals surface area contributed by atoms with E-state index in [9.17, 15) is 0 Å². The van der Waals surface area contributed by atoms with Crippen molar-refractivity contribution in [3.8, 4) is 0 Å². The molecular weight excluding hydrogens is 173 g/mol. The summed E-state index contributed by atoms with van der Waals surface area (Å²) in [5, 5.41) is 0. The largest absolute Gasteiger partial charge is 0.167 e. The van der Waals surface area contributed by atoms with Gasteiger partial charge in [0.15, 0.2) is 4.46 Å². The second-order valence-corrected chi connectivity index (χ2v) is 2.52. The molecule has 0 fully saturated rings. The van der Waals surface area contributed by atoms with Gasteiger partial charge in [0.25, 0.3) is 0 Å². The zero-order valence-corrected chi connectivity index (χ0v) is 5.40. The Morgan fingerprint density at radius 1 is 2.00 bits per heavy atom.